The lowest BCUT2D eigenvalue weighted by molar-refractivity contribution is -0.117. The minimum atomic E-state index is -0.367. The zero-order valence-electron chi connectivity index (χ0n) is 24.6. The maximum absolute atomic E-state index is 11.5. The fraction of sp³-hybridized carbons (Fsp3) is 0.333. The van der Waals surface area contributed by atoms with Crippen molar-refractivity contribution in [3.8, 4) is 6.07 Å². The van der Waals surface area contributed by atoms with Gasteiger partial charge in [0.1, 0.15) is 5.84 Å². The number of aliphatic imine (C=N–C) groups is 1. The minimum Gasteiger partial charge on any atom is -0.369 e. The first-order valence-electron chi connectivity index (χ1n) is 14.1. The SMILES string of the molecule is C/C=C(/c1ccc(C)cc1)N1C=C(c2cccc(CC(N)=O)c2)NC(=NCCC#N)/C1=C\CCC.CCCNC=O. The van der Waals surface area contributed by atoms with Gasteiger partial charge in [0.25, 0.3) is 0 Å². The molecule has 0 saturated heterocycles. The molecule has 0 aromatic heterocycles. The Bertz CT molecular complexity index is 1320. The van der Waals surface area contributed by atoms with E-state index in [9.17, 15) is 9.59 Å². The number of hydrogen-bond acceptors (Lipinski definition) is 5. The van der Waals surface area contributed by atoms with Gasteiger partial charge in [-0.3, -0.25) is 14.6 Å². The van der Waals surface area contributed by atoms with E-state index in [2.05, 4.69) is 78.1 Å². The summed E-state index contributed by atoms with van der Waals surface area (Å²) in [5.41, 5.74) is 12.3. The topological polar surface area (TPSA) is 124 Å². The second kappa shape index (κ2) is 17.9. The van der Waals surface area contributed by atoms with Gasteiger partial charge in [-0.25, -0.2) is 0 Å². The number of rotatable bonds is 12. The van der Waals surface area contributed by atoms with E-state index in [-0.39, 0.29) is 12.3 Å². The van der Waals surface area contributed by atoms with Crippen LogP contribution in [0.3, 0.4) is 0 Å². The van der Waals surface area contributed by atoms with Crippen molar-refractivity contribution >= 4 is 29.5 Å². The summed E-state index contributed by atoms with van der Waals surface area (Å²) >= 11 is 0. The number of unbranched alkanes of at least 4 members (excludes halogenated alkanes) is 1. The number of aryl methyl sites for hydroxylation is 1. The number of allylic oxidation sites excluding steroid dienone is 2. The van der Waals surface area contributed by atoms with Gasteiger partial charge in [-0.2, -0.15) is 5.26 Å². The van der Waals surface area contributed by atoms with Crippen LogP contribution < -0.4 is 16.4 Å². The Labute approximate surface area is 244 Å². The Morgan fingerprint density at radius 1 is 1.17 bits per heavy atom. The third-order valence-electron chi connectivity index (χ3n) is 6.11. The molecule has 4 N–H and O–H groups in total. The molecule has 0 radical (unpaired) electrons. The molecule has 0 saturated carbocycles. The molecule has 0 fully saturated rings. The number of amidine groups is 1. The van der Waals surface area contributed by atoms with Crippen molar-refractivity contribution in [3.63, 3.8) is 0 Å². The van der Waals surface area contributed by atoms with Gasteiger partial charge < -0.3 is 21.3 Å². The van der Waals surface area contributed by atoms with Crippen LogP contribution >= 0.6 is 0 Å². The van der Waals surface area contributed by atoms with Gasteiger partial charge in [0.05, 0.1) is 36.8 Å². The van der Waals surface area contributed by atoms with Crippen LogP contribution in [0.5, 0.6) is 0 Å². The highest BCUT2D eigenvalue weighted by atomic mass is 16.1. The summed E-state index contributed by atoms with van der Waals surface area (Å²) in [6, 6.07) is 18.4. The summed E-state index contributed by atoms with van der Waals surface area (Å²) in [5.74, 6) is 0.353. The highest BCUT2D eigenvalue weighted by Gasteiger charge is 2.25. The average molecular weight is 555 g/mol. The number of nitriles is 1. The lowest BCUT2D eigenvalue weighted by Gasteiger charge is -2.34. The molecular weight excluding hydrogens is 512 g/mol. The molecule has 1 heterocycles. The number of carbonyl (C=O) groups is 2. The minimum absolute atomic E-state index is 0.180. The van der Waals surface area contributed by atoms with E-state index < -0.39 is 0 Å². The first-order chi connectivity index (χ1) is 19.9. The van der Waals surface area contributed by atoms with Gasteiger partial charge in [0.2, 0.25) is 12.3 Å². The van der Waals surface area contributed by atoms with E-state index in [0.717, 1.165) is 65.4 Å². The van der Waals surface area contributed by atoms with Crippen LogP contribution in [0.1, 0.15) is 68.7 Å². The molecule has 2 amide bonds. The third-order valence-corrected chi connectivity index (χ3v) is 6.11. The normalized spacial score (nSPS) is 14.9. The predicted molar refractivity (Wildman–Crippen MR) is 167 cm³/mol. The summed E-state index contributed by atoms with van der Waals surface area (Å²) in [7, 11) is 0. The van der Waals surface area contributed by atoms with Crippen molar-refractivity contribution in [3.05, 3.63) is 94.8 Å². The molecule has 1 aliphatic heterocycles. The zero-order valence-corrected chi connectivity index (χ0v) is 24.6. The van der Waals surface area contributed by atoms with Crippen LogP contribution in [0, 0.1) is 18.3 Å². The van der Waals surface area contributed by atoms with Crippen LogP contribution in [-0.2, 0) is 16.0 Å². The number of carbonyl (C=O) groups excluding carboxylic acids is 2. The molecule has 0 atom stereocenters. The van der Waals surface area contributed by atoms with Gasteiger partial charge in [-0.05, 0) is 49.4 Å². The highest BCUT2D eigenvalue weighted by molar-refractivity contribution is 6.06. The molecule has 8 nitrogen and oxygen atoms in total. The van der Waals surface area contributed by atoms with E-state index in [4.69, 9.17) is 16.0 Å². The molecule has 1 aliphatic rings. The van der Waals surface area contributed by atoms with Gasteiger partial charge in [-0.1, -0.05) is 80.4 Å². The fourth-order valence-electron chi connectivity index (χ4n) is 4.12. The highest BCUT2D eigenvalue weighted by Crippen LogP contribution is 2.31. The maximum atomic E-state index is 11.5. The summed E-state index contributed by atoms with van der Waals surface area (Å²) in [5, 5.41) is 15.1. The summed E-state index contributed by atoms with van der Waals surface area (Å²) in [6.45, 7) is 9.46. The van der Waals surface area contributed by atoms with E-state index in [1.165, 1.54) is 5.56 Å². The van der Waals surface area contributed by atoms with E-state index in [1.54, 1.807) is 0 Å². The number of primary amides is 1. The van der Waals surface area contributed by atoms with E-state index in [1.807, 2.05) is 38.1 Å². The van der Waals surface area contributed by atoms with Crippen molar-refractivity contribution in [1.29, 1.82) is 5.26 Å². The quantitative estimate of drug-likeness (QED) is 0.239. The largest absolute Gasteiger partial charge is 0.369 e. The van der Waals surface area contributed by atoms with Crippen molar-refractivity contribution in [2.24, 2.45) is 10.7 Å². The van der Waals surface area contributed by atoms with Gasteiger partial charge in [0.15, 0.2) is 0 Å². The number of benzene rings is 2. The molecule has 8 heteroatoms. The lowest BCUT2D eigenvalue weighted by Crippen LogP contribution is -2.37. The van der Waals surface area contributed by atoms with E-state index in [0.29, 0.717) is 19.4 Å². The molecule has 41 heavy (non-hydrogen) atoms. The Hall–Kier alpha value is -4.64. The Balaban J connectivity index is 0.000000883. The molecule has 0 unspecified atom stereocenters. The number of nitrogens with zero attached hydrogens (tertiary/aromatic N) is 3. The fourth-order valence-corrected chi connectivity index (χ4v) is 4.12. The summed E-state index contributed by atoms with van der Waals surface area (Å²) < 4.78 is 0. The lowest BCUT2D eigenvalue weighted by atomic mass is 10.0. The number of hydrogen-bond donors (Lipinski definition) is 3. The monoisotopic (exact) mass is 554 g/mol. The van der Waals surface area contributed by atoms with Crippen LogP contribution in [0.25, 0.3) is 11.4 Å². The van der Waals surface area contributed by atoms with Crippen LogP contribution in [0.2, 0.25) is 0 Å². The molecule has 2 aromatic carbocycles. The molecule has 2 aromatic rings. The van der Waals surface area contributed by atoms with Crippen molar-refractivity contribution in [2.45, 2.75) is 59.8 Å². The van der Waals surface area contributed by atoms with Gasteiger partial charge in [-0.15, -0.1) is 0 Å². The number of amides is 2. The van der Waals surface area contributed by atoms with Crippen molar-refractivity contribution in [2.75, 3.05) is 13.1 Å². The second-order valence-electron chi connectivity index (χ2n) is 9.51. The third kappa shape index (κ3) is 10.5. The number of nitrogens with two attached hydrogens (primary N) is 1. The Morgan fingerprint density at radius 3 is 2.51 bits per heavy atom. The van der Waals surface area contributed by atoms with Crippen LogP contribution in [0.4, 0.5) is 0 Å². The average Bonchev–Trinajstić information content (AvgIpc) is 2.97. The van der Waals surface area contributed by atoms with Crippen molar-refractivity contribution in [1.82, 2.24) is 15.5 Å². The molecule has 0 bridgehead atoms. The van der Waals surface area contributed by atoms with Crippen LogP contribution in [-0.4, -0.2) is 36.1 Å². The molecule has 216 valence electrons. The molecule has 3 rings (SSSR count). The predicted octanol–water partition coefficient (Wildman–Crippen LogP) is 5.43. The Kier molecular flexibility index (Phi) is 14.2. The van der Waals surface area contributed by atoms with Crippen LogP contribution in [0.15, 0.2) is 77.6 Å². The molecule has 0 spiro atoms. The first-order valence-corrected chi connectivity index (χ1v) is 14.1. The molecular formula is C33H42N6O2. The van der Waals surface area contributed by atoms with E-state index >= 15 is 0 Å². The van der Waals surface area contributed by atoms with Gasteiger partial charge in [0, 0.05) is 18.4 Å². The summed E-state index contributed by atoms with van der Waals surface area (Å²) in [4.78, 5) is 27.9. The van der Waals surface area contributed by atoms with Gasteiger partial charge >= 0.3 is 0 Å². The van der Waals surface area contributed by atoms with Crippen molar-refractivity contribution < 1.29 is 9.59 Å². The Morgan fingerprint density at radius 2 is 1.93 bits per heavy atom. The summed E-state index contributed by atoms with van der Waals surface area (Å²) in [6.07, 6.45) is 10.5. The standard InChI is InChI=1S/C29H33N5O.C4H9NO/c1-4-6-11-27-29(32-17-8-16-30)33-25(24-10-7-9-22(18-24)19-28(31)35)20-34(27)26(5-2)23-14-12-21(3)13-15-23;1-2-3-5-4-6/h5,7,9-15,18,20H,4,6,8,17,19H2,1-3H3,(H2,31,35)(H,32,33);4H,2-3H2,1H3,(H,5,6)/b26-5-,27-11+;. The zero-order chi connectivity index (χ0) is 30.0. The smallest absolute Gasteiger partial charge is 0.221 e. The molecule has 0 aliphatic carbocycles. The maximum Gasteiger partial charge on any atom is 0.221 e. The first kappa shape index (κ1) is 32.6. The number of nitrogens with one attached hydrogen (secondary N) is 2. The second-order valence-corrected chi connectivity index (χ2v) is 9.51.